The standard InChI is InChI=1S/C26H25N5O/c1-3-19(2)30-14-13-20(16-30)17-31-26-24(15-27-18-28-26)25(29-31)21-9-11-23(12-10-21)32-22-7-5-4-6-8-22/h3-12,15,18,20H,1-2,13-14,16-17H2. The molecule has 2 aromatic carbocycles. The van der Waals surface area contributed by atoms with Crippen LogP contribution >= 0.6 is 0 Å². The summed E-state index contributed by atoms with van der Waals surface area (Å²) in [6.07, 6.45) is 6.35. The highest BCUT2D eigenvalue weighted by Gasteiger charge is 2.24. The smallest absolute Gasteiger partial charge is 0.161 e. The SMILES string of the molecule is C=CC(=C)N1CCC(Cn2nc(-c3ccc(Oc4ccccc4)cc3)c3cncnc32)C1. The van der Waals surface area contributed by atoms with Crippen LogP contribution in [0.15, 0.2) is 92.1 Å². The molecule has 5 rings (SSSR count). The lowest BCUT2D eigenvalue weighted by Crippen LogP contribution is -2.20. The third-order valence-electron chi connectivity index (χ3n) is 5.88. The molecule has 0 bridgehead atoms. The molecule has 4 aromatic rings. The summed E-state index contributed by atoms with van der Waals surface area (Å²) >= 11 is 0. The number of allylic oxidation sites excluding steroid dienone is 1. The zero-order valence-corrected chi connectivity index (χ0v) is 17.9. The highest BCUT2D eigenvalue weighted by atomic mass is 16.5. The Morgan fingerprint density at radius 1 is 1.09 bits per heavy atom. The monoisotopic (exact) mass is 423 g/mol. The van der Waals surface area contributed by atoms with Crippen molar-refractivity contribution >= 4 is 11.0 Å². The number of aromatic nitrogens is 4. The minimum Gasteiger partial charge on any atom is -0.457 e. The average molecular weight is 424 g/mol. The Morgan fingerprint density at radius 3 is 2.66 bits per heavy atom. The van der Waals surface area contributed by atoms with Gasteiger partial charge in [-0.1, -0.05) is 31.4 Å². The molecule has 0 spiro atoms. The fourth-order valence-electron chi connectivity index (χ4n) is 4.18. The van der Waals surface area contributed by atoms with E-state index < -0.39 is 0 Å². The largest absolute Gasteiger partial charge is 0.457 e. The van der Waals surface area contributed by atoms with Crippen LogP contribution in [0.1, 0.15) is 6.42 Å². The number of hydrogen-bond acceptors (Lipinski definition) is 5. The van der Waals surface area contributed by atoms with Crippen molar-refractivity contribution in [3.63, 3.8) is 0 Å². The first-order chi connectivity index (χ1) is 15.7. The minimum atomic E-state index is 0.485. The van der Waals surface area contributed by atoms with Crippen molar-refractivity contribution in [2.24, 2.45) is 5.92 Å². The number of para-hydroxylation sites is 1. The van der Waals surface area contributed by atoms with Gasteiger partial charge in [0.2, 0.25) is 0 Å². The van der Waals surface area contributed by atoms with Gasteiger partial charge in [-0.15, -0.1) is 0 Å². The Morgan fingerprint density at radius 2 is 1.88 bits per heavy atom. The van der Waals surface area contributed by atoms with Gasteiger partial charge in [0.1, 0.15) is 23.5 Å². The molecular formula is C26H25N5O. The minimum absolute atomic E-state index is 0.485. The van der Waals surface area contributed by atoms with E-state index in [-0.39, 0.29) is 0 Å². The van der Waals surface area contributed by atoms with Gasteiger partial charge in [-0.25, -0.2) is 14.6 Å². The van der Waals surface area contributed by atoms with Crippen LogP contribution in [0.5, 0.6) is 11.5 Å². The molecule has 0 aliphatic carbocycles. The summed E-state index contributed by atoms with van der Waals surface area (Å²) in [5, 5.41) is 5.89. The Bertz CT molecular complexity index is 1250. The molecular weight excluding hydrogens is 398 g/mol. The van der Waals surface area contributed by atoms with Crippen LogP contribution in [0.3, 0.4) is 0 Å². The molecule has 0 N–H and O–H groups in total. The van der Waals surface area contributed by atoms with Crippen molar-refractivity contribution in [2.45, 2.75) is 13.0 Å². The van der Waals surface area contributed by atoms with Crippen molar-refractivity contribution in [2.75, 3.05) is 13.1 Å². The maximum atomic E-state index is 5.92. The second-order valence-electron chi connectivity index (χ2n) is 8.03. The van der Waals surface area contributed by atoms with Crippen LogP contribution in [0.2, 0.25) is 0 Å². The number of fused-ring (bicyclic) bond motifs is 1. The molecule has 32 heavy (non-hydrogen) atoms. The molecule has 6 heteroatoms. The predicted molar refractivity (Wildman–Crippen MR) is 126 cm³/mol. The van der Waals surface area contributed by atoms with E-state index in [0.29, 0.717) is 5.92 Å². The van der Waals surface area contributed by atoms with Gasteiger partial charge in [0, 0.05) is 37.1 Å². The maximum Gasteiger partial charge on any atom is 0.161 e. The van der Waals surface area contributed by atoms with Crippen molar-refractivity contribution in [3.05, 3.63) is 92.1 Å². The number of hydrogen-bond donors (Lipinski definition) is 0. The molecule has 6 nitrogen and oxygen atoms in total. The van der Waals surface area contributed by atoms with Crippen molar-refractivity contribution in [3.8, 4) is 22.8 Å². The number of ether oxygens (including phenoxy) is 1. The van der Waals surface area contributed by atoms with E-state index in [1.165, 1.54) is 0 Å². The van der Waals surface area contributed by atoms with E-state index in [9.17, 15) is 0 Å². The number of benzene rings is 2. The highest BCUT2D eigenvalue weighted by Crippen LogP contribution is 2.30. The normalized spacial score (nSPS) is 15.8. The molecule has 0 amide bonds. The van der Waals surface area contributed by atoms with Crippen molar-refractivity contribution in [1.82, 2.24) is 24.6 Å². The van der Waals surface area contributed by atoms with E-state index >= 15 is 0 Å². The first-order valence-corrected chi connectivity index (χ1v) is 10.8. The van der Waals surface area contributed by atoms with Gasteiger partial charge in [0.05, 0.1) is 5.39 Å². The molecule has 1 saturated heterocycles. The zero-order valence-electron chi connectivity index (χ0n) is 17.9. The summed E-state index contributed by atoms with van der Waals surface area (Å²) in [5.74, 6) is 2.08. The molecule has 1 aliphatic heterocycles. The highest BCUT2D eigenvalue weighted by molar-refractivity contribution is 5.90. The molecule has 160 valence electrons. The van der Waals surface area contributed by atoms with Gasteiger partial charge in [0.15, 0.2) is 5.65 Å². The summed E-state index contributed by atoms with van der Waals surface area (Å²) < 4.78 is 7.94. The Hall–Kier alpha value is -3.93. The third-order valence-corrected chi connectivity index (χ3v) is 5.88. The second kappa shape index (κ2) is 8.67. The second-order valence-corrected chi connectivity index (χ2v) is 8.03. The quantitative estimate of drug-likeness (QED) is 0.377. The Kier molecular flexibility index (Phi) is 5.42. The third kappa shape index (κ3) is 3.99. The van der Waals surface area contributed by atoms with Gasteiger partial charge in [-0.3, -0.25) is 0 Å². The van der Waals surface area contributed by atoms with Crippen LogP contribution in [0.4, 0.5) is 0 Å². The molecule has 1 atom stereocenters. The fraction of sp³-hybridized carbons (Fsp3) is 0.192. The number of rotatable bonds is 7. The van der Waals surface area contributed by atoms with Crippen molar-refractivity contribution in [1.29, 1.82) is 0 Å². The van der Waals surface area contributed by atoms with Gasteiger partial charge in [0.25, 0.3) is 0 Å². The van der Waals surface area contributed by atoms with Crippen LogP contribution in [-0.2, 0) is 6.54 Å². The zero-order chi connectivity index (χ0) is 21.9. The Balaban J connectivity index is 1.39. The lowest BCUT2D eigenvalue weighted by Gasteiger charge is -2.18. The van der Waals surface area contributed by atoms with Gasteiger partial charge < -0.3 is 9.64 Å². The van der Waals surface area contributed by atoms with E-state index in [4.69, 9.17) is 9.84 Å². The molecule has 0 saturated carbocycles. The Labute approximate surface area is 187 Å². The van der Waals surface area contributed by atoms with Crippen LogP contribution in [-0.4, -0.2) is 37.7 Å². The number of likely N-dealkylation sites (tertiary alicyclic amines) is 1. The van der Waals surface area contributed by atoms with Crippen LogP contribution in [0, 0.1) is 5.92 Å². The lowest BCUT2D eigenvalue weighted by molar-refractivity contribution is 0.388. The first-order valence-electron chi connectivity index (χ1n) is 10.8. The topological polar surface area (TPSA) is 56.1 Å². The average Bonchev–Trinajstić information content (AvgIpc) is 3.45. The van der Waals surface area contributed by atoms with E-state index in [1.54, 1.807) is 6.33 Å². The van der Waals surface area contributed by atoms with Gasteiger partial charge in [-0.2, -0.15) is 5.10 Å². The summed E-state index contributed by atoms with van der Waals surface area (Å²) in [6, 6.07) is 17.8. The summed E-state index contributed by atoms with van der Waals surface area (Å²) in [7, 11) is 0. The lowest BCUT2D eigenvalue weighted by atomic mass is 10.1. The first kappa shape index (κ1) is 20.0. The molecule has 2 aromatic heterocycles. The van der Waals surface area contributed by atoms with Crippen molar-refractivity contribution < 1.29 is 4.74 Å². The van der Waals surface area contributed by atoms with E-state index in [1.807, 2.05) is 71.6 Å². The summed E-state index contributed by atoms with van der Waals surface area (Å²) in [6.45, 7) is 10.7. The van der Waals surface area contributed by atoms with E-state index in [2.05, 4.69) is 28.0 Å². The number of nitrogens with zero attached hydrogens (tertiary/aromatic N) is 5. The molecule has 0 radical (unpaired) electrons. The molecule has 1 aliphatic rings. The predicted octanol–water partition coefficient (Wildman–Crippen LogP) is 5.31. The van der Waals surface area contributed by atoms with Crippen LogP contribution < -0.4 is 4.74 Å². The summed E-state index contributed by atoms with van der Waals surface area (Å²) in [5.41, 5.74) is 3.74. The fourth-order valence-corrected chi connectivity index (χ4v) is 4.18. The summed E-state index contributed by atoms with van der Waals surface area (Å²) in [4.78, 5) is 11.1. The van der Waals surface area contributed by atoms with E-state index in [0.717, 1.165) is 65.5 Å². The van der Waals surface area contributed by atoms with Gasteiger partial charge >= 0.3 is 0 Å². The molecule has 3 heterocycles. The maximum absolute atomic E-state index is 5.92. The van der Waals surface area contributed by atoms with Gasteiger partial charge in [-0.05, 0) is 54.8 Å². The van der Waals surface area contributed by atoms with Crippen LogP contribution in [0.25, 0.3) is 22.3 Å². The molecule has 1 unspecified atom stereocenters. The molecule has 1 fully saturated rings.